The van der Waals surface area contributed by atoms with E-state index in [0.717, 1.165) is 33.6 Å². The summed E-state index contributed by atoms with van der Waals surface area (Å²) >= 11 is 0. The van der Waals surface area contributed by atoms with Gasteiger partial charge in [0.05, 0.1) is 0 Å². The maximum Gasteiger partial charge on any atom is 0.536 e. The molecule has 0 atom stereocenters. The molecule has 1 aliphatic rings. The Morgan fingerprint density at radius 1 is 0.462 bits per heavy atom. The second-order valence-electron chi connectivity index (χ2n) is 12.1. The smallest absolute Gasteiger partial charge is 0.398 e. The summed E-state index contributed by atoms with van der Waals surface area (Å²) in [6.07, 6.45) is 7.77. The zero-order valence-corrected chi connectivity index (χ0v) is 37.8. The van der Waals surface area contributed by atoms with Crippen molar-refractivity contribution < 1.29 is 44.3 Å². The Labute approximate surface area is 319 Å². The van der Waals surface area contributed by atoms with Crippen LogP contribution in [-0.2, 0) is 44.3 Å². The van der Waals surface area contributed by atoms with E-state index in [1.54, 1.807) is 71.1 Å². The first-order valence-electron chi connectivity index (χ1n) is 17.8. The number of hydrogen-bond donors (Lipinski definition) is 0. The van der Waals surface area contributed by atoms with Crippen LogP contribution in [0, 0.1) is 0 Å². The summed E-state index contributed by atoms with van der Waals surface area (Å²) in [5.74, 6) is 0. The predicted octanol–water partition coefficient (Wildman–Crippen LogP) is 6.27. The monoisotopic (exact) mass is 794 g/mol. The van der Waals surface area contributed by atoms with E-state index in [2.05, 4.69) is 37.7 Å². The molecular formula is C38H66O10Si4. The molecule has 10 nitrogen and oxygen atoms in total. The highest BCUT2D eigenvalue weighted by atomic mass is 28.4. The quantitative estimate of drug-likeness (QED) is 0.155. The molecule has 1 saturated carbocycles. The van der Waals surface area contributed by atoms with Gasteiger partial charge in [-0.3, -0.25) is 0 Å². The lowest BCUT2D eigenvalue weighted by Gasteiger charge is -2.34. The molecule has 294 valence electrons. The summed E-state index contributed by atoms with van der Waals surface area (Å²) in [6.45, 7) is 4.27. The molecule has 0 heterocycles. The molecule has 0 N–H and O–H groups in total. The maximum absolute atomic E-state index is 5.78. The fraction of sp³-hybridized carbons (Fsp3) is 0.526. The van der Waals surface area contributed by atoms with E-state index in [9.17, 15) is 0 Å². The first-order chi connectivity index (χ1) is 25.1. The van der Waals surface area contributed by atoms with E-state index in [-0.39, 0.29) is 0 Å². The summed E-state index contributed by atoms with van der Waals surface area (Å²) in [6, 6.07) is 30.9. The average molecular weight is 795 g/mol. The molecule has 1 aliphatic carbocycles. The van der Waals surface area contributed by atoms with Gasteiger partial charge in [-0.25, -0.2) is 0 Å². The van der Waals surface area contributed by atoms with Crippen molar-refractivity contribution >= 4 is 50.3 Å². The van der Waals surface area contributed by atoms with Gasteiger partial charge in [0.15, 0.2) is 0 Å². The van der Waals surface area contributed by atoms with Gasteiger partial charge in [0.1, 0.15) is 0 Å². The molecule has 3 aromatic carbocycles. The van der Waals surface area contributed by atoms with Crippen LogP contribution in [0.15, 0.2) is 91.0 Å². The van der Waals surface area contributed by atoms with Gasteiger partial charge >= 0.3 is 34.7 Å². The Morgan fingerprint density at radius 3 is 1.10 bits per heavy atom. The largest absolute Gasteiger partial charge is 0.536 e. The Balaban J connectivity index is 0.000000354. The molecule has 0 bridgehead atoms. The van der Waals surface area contributed by atoms with Crippen LogP contribution in [0.4, 0.5) is 0 Å². The SMILES string of the molecule is CCC[Si](OC)(OC)OC.CO[Si](C)(OC)C1CCCCC1.CO[Si](OC)(OC)c1ccccc1.CO[Si](OC)(c1ccccc1)c1ccccc1. The molecule has 3 aromatic rings. The highest BCUT2D eigenvalue weighted by Gasteiger charge is 2.42. The van der Waals surface area contributed by atoms with Crippen LogP contribution in [0.5, 0.6) is 0 Å². The van der Waals surface area contributed by atoms with Crippen molar-refractivity contribution in [2.45, 2.75) is 63.6 Å². The van der Waals surface area contributed by atoms with Crippen molar-refractivity contribution in [3.63, 3.8) is 0 Å². The molecule has 1 fully saturated rings. The lowest BCUT2D eigenvalue weighted by Crippen LogP contribution is -2.62. The van der Waals surface area contributed by atoms with Crippen LogP contribution in [-0.4, -0.2) is 106 Å². The van der Waals surface area contributed by atoms with Gasteiger partial charge in [-0.2, -0.15) is 0 Å². The molecule has 0 aliphatic heterocycles. The lowest BCUT2D eigenvalue weighted by atomic mass is 10.0. The van der Waals surface area contributed by atoms with Gasteiger partial charge < -0.3 is 44.3 Å². The van der Waals surface area contributed by atoms with Gasteiger partial charge in [-0.1, -0.05) is 124 Å². The summed E-state index contributed by atoms with van der Waals surface area (Å²) in [7, 11) is 7.64. The molecular weight excluding hydrogens is 729 g/mol. The van der Waals surface area contributed by atoms with Crippen molar-refractivity contribution in [2.75, 3.05) is 71.1 Å². The third-order valence-corrected chi connectivity index (χ3v) is 22.1. The third-order valence-electron chi connectivity index (χ3n) is 9.46. The van der Waals surface area contributed by atoms with Gasteiger partial charge in [0, 0.05) is 87.9 Å². The molecule has 0 aromatic heterocycles. The molecule has 14 heteroatoms. The summed E-state index contributed by atoms with van der Waals surface area (Å²) in [5.41, 5.74) is 0.723. The van der Waals surface area contributed by atoms with Crippen molar-refractivity contribution in [1.82, 2.24) is 0 Å². The summed E-state index contributed by atoms with van der Waals surface area (Å²) in [4.78, 5) is 0. The van der Waals surface area contributed by atoms with Crippen LogP contribution >= 0.6 is 0 Å². The minimum atomic E-state index is -2.59. The Kier molecular flexibility index (Phi) is 24.1. The van der Waals surface area contributed by atoms with Crippen LogP contribution in [0.3, 0.4) is 0 Å². The third kappa shape index (κ3) is 13.8. The fourth-order valence-corrected chi connectivity index (χ4v) is 14.7. The van der Waals surface area contributed by atoms with Crippen molar-refractivity contribution in [3.05, 3.63) is 91.0 Å². The number of benzene rings is 3. The Bertz CT molecular complexity index is 1210. The van der Waals surface area contributed by atoms with E-state index in [1.165, 1.54) is 32.1 Å². The van der Waals surface area contributed by atoms with Crippen molar-refractivity contribution in [3.8, 4) is 0 Å². The summed E-state index contributed by atoms with van der Waals surface area (Å²) in [5, 5.41) is 3.22. The minimum absolute atomic E-state index is 0.723. The maximum atomic E-state index is 5.78. The Hall–Kier alpha value is -1.87. The fourth-order valence-electron chi connectivity index (χ4n) is 6.19. The number of rotatable bonds is 16. The van der Waals surface area contributed by atoms with Crippen molar-refractivity contribution in [2.24, 2.45) is 0 Å². The highest BCUT2D eigenvalue weighted by molar-refractivity contribution is 6.92. The molecule has 0 radical (unpaired) electrons. The van der Waals surface area contributed by atoms with Gasteiger partial charge in [-0.05, 0) is 29.8 Å². The molecule has 0 unspecified atom stereocenters. The minimum Gasteiger partial charge on any atom is -0.398 e. The van der Waals surface area contributed by atoms with E-state index in [0.29, 0.717) is 0 Å². The van der Waals surface area contributed by atoms with Gasteiger partial charge in [0.2, 0.25) is 0 Å². The predicted molar refractivity (Wildman–Crippen MR) is 219 cm³/mol. The normalized spacial score (nSPS) is 13.8. The van der Waals surface area contributed by atoms with Crippen LogP contribution in [0.1, 0.15) is 45.4 Å². The summed E-state index contributed by atoms with van der Waals surface area (Å²) < 4.78 is 54.1. The first kappa shape index (κ1) is 48.1. The standard InChI is InChI=1S/C14H16O2Si.C9H14O3Si.C9H20O2Si.C6H16O3Si/c1-15-17(16-2,13-9-5-3-6-10-13)14-11-7-4-8-12-14;1-10-13(11-2,12-3)9-7-5-4-6-8-9;1-10-12(3,11-2)9-7-5-4-6-8-9;1-5-6-10(7-2,8-3)9-4/h3-12H,1-2H3;4-8H,1-3H3;9H,4-8H2,1-3H3;5-6H2,1-4H3. The second-order valence-corrected chi connectivity index (χ2v) is 25.0. The van der Waals surface area contributed by atoms with E-state index in [4.69, 9.17) is 44.3 Å². The molecule has 0 amide bonds. The molecule has 52 heavy (non-hydrogen) atoms. The highest BCUT2D eigenvalue weighted by Crippen LogP contribution is 2.37. The topological polar surface area (TPSA) is 92.3 Å². The molecule has 0 saturated heterocycles. The van der Waals surface area contributed by atoms with Crippen molar-refractivity contribution in [1.29, 1.82) is 0 Å². The first-order valence-corrected chi connectivity index (χ1v) is 25.6. The molecule has 0 spiro atoms. The zero-order chi connectivity index (χ0) is 38.9. The zero-order valence-electron chi connectivity index (χ0n) is 33.8. The van der Waals surface area contributed by atoms with Crippen LogP contribution in [0.2, 0.25) is 18.1 Å². The molecule has 4 rings (SSSR count). The van der Waals surface area contributed by atoms with E-state index >= 15 is 0 Å². The van der Waals surface area contributed by atoms with Crippen LogP contribution < -0.4 is 15.6 Å². The Morgan fingerprint density at radius 2 is 0.827 bits per heavy atom. The second kappa shape index (κ2) is 26.0. The van der Waals surface area contributed by atoms with E-state index in [1.807, 2.05) is 66.7 Å². The van der Waals surface area contributed by atoms with Gasteiger partial charge in [-0.15, -0.1) is 0 Å². The van der Waals surface area contributed by atoms with Gasteiger partial charge in [0.25, 0.3) is 0 Å². The van der Waals surface area contributed by atoms with Crippen LogP contribution in [0.25, 0.3) is 0 Å². The lowest BCUT2D eigenvalue weighted by molar-refractivity contribution is 0.123. The number of hydrogen-bond acceptors (Lipinski definition) is 10. The van der Waals surface area contributed by atoms with E-state index < -0.39 is 34.7 Å². The average Bonchev–Trinajstić information content (AvgIpc) is 3.23.